The van der Waals surface area contributed by atoms with Gasteiger partial charge in [-0.05, 0) is 43.7 Å². The average molecular weight is 388 g/mol. The van der Waals surface area contributed by atoms with Crippen LogP contribution in [0.5, 0.6) is 0 Å². The summed E-state index contributed by atoms with van der Waals surface area (Å²) in [5.41, 5.74) is 1.01. The Labute approximate surface area is 165 Å². The molecule has 1 unspecified atom stereocenters. The molecule has 1 saturated carbocycles. The van der Waals surface area contributed by atoms with Crippen molar-refractivity contribution in [2.45, 2.75) is 31.7 Å². The van der Waals surface area contributed by atoms with Crippen molar-refractivity contribution in [1.29, 1.82) is 0 Å². The zero-order valence-electron chi connectivity index (χ0n) is 16.1. The fourth-order valence-electron chi connectivity index (χ4n) is 4.16. The number of amides is 1. The van der Waals surface area contributed by atoms with Crippen LogP contribution in [0.3, 0.4) is 0 Å². The molecule has 1 amide bonds. The number of carbonyl (C=O) groups is 1. The summed E-state index contributed by atoms with van der Waals surface area (Å²) in [5, 5.41) is 14.6. The van der Waals surface area contributed by atoms with E-state index in [0.717, 1.165) is 71.6 Å². The normalized spacial score (nSPS) is 23.4. The van der Waals surface area contributed by atoms with E-state index in [1.807, 2.05) is 0 Å². The van der Waals surface area contributed by atoms with E-state index >= 15 is 0 Å². The molecule has 1 aromatic rings. The number of nitrogens with one attached hydrogen (secondary N) is 1. The minimum atomic E-state index is -0.366. The summed E-state index contributed by atoms with van der Waals surface area (Å²) in [6, 6.07) is 5.12. The Morgan fingerprint density at radius 2 is 2.00 bits per heavy atom. The first-order valence-corrected chi connectivity index (χ1v) is 10.2. The molecule has 28 heavy (non-hydrogen) atoms. The first-order chi connectivity index (χ1) is 13.6. The number of carbonyl (C=O) groups excluding carboxylic acids is 1. The van der Waals surface area contributed by atoms with Crippen LogP contribution in [0.4, 0.5) is 11.4 Å². The fraction of sp³-hybridized carbons (Fsp3) is 0.650. The van der Waals surface area contributed by atoms with Gasteiger partial charge >= 0.3 is 0 Å². The molecule has 0 aromatic heterocycles. The number of benzene rings is 1. The van der Waals surface area contributed by atoms with Gasteiger partial charge in [0.1, 0.15) is 5.69 Å². The van der Waals surface area contributed by atoms with Gasteiger partial charge in [-0.2, -0.15) is 0 Å². The van der Waals surface area contributed by atoms with E-state index in [0.29, 0.717) is 17.2 Å². The molecule has 8 heteroatoms. The molecule has 3 fully saturated rings. The van der Waals surface area contributed by atoms with Gasteiger partial charge in [0.05, 0.1) is 18.1 Å². The number of morpholine rings is 1. The maximum absolute atomic E-state index is 12.3. The Kier molecular flexibility index (Phi) is 5.77. The highest BCUT2D eigenvalue weighted by molar-refractivity contribution is 5.96. The van der Waals surface area contributed by atoms with Crippen LogP contribution >= 0.6 is 0 Å². The van der Waals surface area contributed by atoms with Crippen molar-refractivity contribution < 1.29 is 14.5 Å². The summed E-state index contributed by atoms with van der Waals surface area (Å²) in [5.74, 6) is 0.269. The summed E-state index contributed by atoms with van der Waals surface area (Å²) in [6.07, 6.45) is 4.15. The molecule has 0 spiro atoms. The van der Waals surface area contributed by atoms with E-state index in [4.69, 9.17) is 4.74 Å². The Hall–Kier alpha value is -2.19. The Balaban J connectivity index is 1.46. The highest BCUT2D eigenvalue weighted by Gasteiger charge is 2.29. The molecule has 1 aliphatic carbocycles. The number of hydrogen-bond donors (Lipinski definition) is 1. The SMILES string of the molecule is O=C(NC1CC1)c1ccc(N2CCCC(CN3CCOCC3)C2)c([N+](=O)[O-])c1. The molecule has 1 N–H and O–H groups in total. The van der Waals surface area contributed by atoms with Crippen molar-refractivity contribution in [2.75, 3.05) is 50.8 Å². The molecule has 1 atom stereocenters. The fourth-order valence-corrected chi connectivity index (χ4v) is 4.16. The Morgan fingerprint density at radius 3 is 2.71 bits per heavy atom. The summed E-state index contributed by atoms with van der Waals surface area (Å²) >= 11 is 0. The molecule has 2 aliphatic heterocycles. The molecule has 0 bridgehead atoms. The second-order valence-corrected chi connectivity index (χ2v) is 8.08. The zero-order valence-corrected chi connectivity index (χ0v) is 16.1. The van der Waals surface area contributed by atoms with Crippen molar-refractivity contribution in [2.24, 2.45) is 5.92 Å². The number of nitrogens with zero attached hydrogens (tertiary/aromatic N) is 3. The minimum absolute atomic E-state index is 0.0236. The van der Waals surface area contributed by atoms with Crippen molar-refractivity contribution in [3.8, 4) is 0 Å². The van der Waals surface area contributed by atoms with Gasteiger partial charge in [-0.3, -0.25) is 19.8 Å². The van der Waals surface area contributed by atoms with Crippen molar-refractivity contribution in [3.63, 3.8) is 0 Å². The van der Waals surface area contributed by atoms with Crippen molar-refractivity contribution >= 4 is 17.3 Å². The van der Waals surface area contributed by atoms with Crippen LogP contribution in [0.1, 0.15) is 36.0 Å². The third kappa shape index (κ3) is 4.62. The Bertz CT molecular complexity index is 731. The van der Waals surface area contributed by atoms with Crippen LogP contribution < -0.4 is 10.2 Å². The maximum atomic E-state index is 12.3. The first kappa shape index (κ1) is 19.1. The summed E-state index contributed by atoms with van der Waals surface area (Å²) in [4.78, 5) is 28.1. The van der Waals surface area contributed by atoms with Gasteiger partial charge in [-0.15, -0.1) is 0 Å². The lowest BCUT2D eigenvalue weighted by molar-refractivity contribution is -0.384. The molecular formula is C20H28N4O4. The number of anilines is 1. The largest absolute Gasteiger partial charge is 0.379 e. The van der Waals surface area contributed by atoms with Crippen LogP contribution in [0.15, 0.2) is 18.2 Å². The molecule has 4 rings (SSSR count). The first-order valence-electron chi connectivity index (χ1n) is 10.2. The molecule has 2 saturated heterocycles. The van der Waals surface area contributed by atoms with E-state index < -0.39 is 0 Å². The predicted octanol–water partition coefficient (Wildman–Crippen LogP) is 2.04. The van der Waals surface area contributed by atoms with Gasteiger partial charge in [0.25, 0.3) is 11.6 Å². The van der Waals surface area contributed by atoms with Gasteiger partial charge in [-0.1, -0.05) is 0 Å². The molecule has 8 nitrogen and oxygen atoms in total. The van der Waals surface area contributed by atoms with E-state index in [-0.39, 0.29) is 22.6 Å². The lowest BCUT2D eigenvalue weighted by atomic mass is 9.96. The van der Waals surface area contributed by atoms with E-state index in [1.165, 1.54) is 6.07 Å². The van der Waals surface area contributed by atoms with Crippen molar-refractivity contribution in [1.82, 2.24) is 10.2 Å². The predicted molar refractivity (Wildman–Crippen MR) is 106 cm³/mol. The summed E-state index contributed by atoms with van der Waals surface area (Å²) < 4.78 is 5.42. The lowest BCUT2D eigenvalue weighted by Gasteiger charge is -2.37. The maximum Gasteiger partial charge on any atom is 0.293 e. The Morgan fingerprint density at radius 1 is 1.21 bits per heavy atom. The lowest BCUT2D eigenvalue weighted by Crippen LogP contribution is -2.44. The topological polar surface area (TPSA) is 88.0 Å². The van der Waals surface area contributed by atoms with Gasteiger partial charge < -0.3 is 15.0 Å². The second-order valence-electron chi connectivity index (χ2n) is 8.08. The smallest absolute Gasteiger partial charge is 0.293 e. The third-order valence-corrected chi connectivity index (χ3v) is 5.83. The highest BCUT2D eigenvalue weighted by Crippen LogP contribution is 2.33. The van der Waals surface area contributed by atoms with Gasteiger partial charge in [-0.25, -0.2) is 0 Å². The van der Waals surface area contributed by atoms with Crippen LogP contribution in [0.25, 0.3) is 0 Å². The number of nitro benzene ring substituents is 1. The average Bonchev–Trinajstić information content (AvgIpc) is 3.52. The van der Waals surface area contributed by atoms with E-state index in [2.05, 4.69) is 15.1 Å². The second kappa shape index (κ2) is 8.45. The minimum Gasteiger partial charge on any atom is -0.379 e. The number of nitro groups is 1. The molecular weight excluding hydrogens is 360 g/mol. The third-order valence-electron chi connectivity index (χ3n) is 5.83. The highest BCUT2D eigenvalue weighted by atomic mass is 16.6. The number of piperidine rings is 1. The number of hydrogen-bond acceptors (Lipinski definition) is 6. The van der Waals surface area contributed by atoms with Crippen LogP contribution in [-0.2, 0) is 4.74 Å². The summed E-state index contributed by atoms with van der Waals surface area (Å²) in [7, 11) is 0. The van der Waals surface area contributed by atoms with E-state index in [1.54, 1.807) is 12.1 Å². The molecule has 0 radical (unpaired) electrons. The monoisotopic (exact) mass is 388 g/mol. The van der Waals surface area contributed by atoms with E-state index in [9.17, 15) is 14.9 Å². The molecule has 1 aromatic carbocycles. The molecule has 2 heterocycles. The van der Waals surface area contributed by atoms with Crippen molar-refractivity contribution in [3.05, 3.63) is 33.9 Å². The van der Waals surface area contributed by atoms with Gasteiger partial charge in [0.2, 0.25) is 0 Å². The van der Waals surface area contributed by atoms with Gasteiger partial charge in [0.15, 0.2) is 0 Å². The standard InChI is InChI=1S/C20H28N4O4/c25-20(21-17-4-5-17)16-3-6-18(19(12-16)24(26)27)23-7-1-2-15(14-23)13-22-8-10-28-11-9-22/h3,6,12,15,17H,1-2,4-5,7-11,13-14H2,(H,21,25). The number of rotatable bonds is 6. The van der Waals surface area contributed by atoms with Crippen LogP contribution in [-0.4, -0.2) is 67.7 Å². The number of ether oxygens (including phenoxy) is 1. The quantitative estimate of drug-likeness (QED) is 0.593. The molecule has 3 aliphatic rings. The van der Waals surface area contributed by atoms with Gasteiger partial charge in [0, 0.05) is 50.4 Å². The zero-order chi connectivity index (χ0) is 19.5. The summed E-state index contributed by atoms with van der Waals surface area (Å²) in [6.45, 7) is 6.12. The molecule has 152 valence electrons. The van der Waals surface area contributed by atoms with Crippen LogP contribution in [0.2, 0.25) is 0 Å². The van der Waals surface area contributed by atoms with Crippen LogP contribution in [0, 0.1) is 16.0 Å².